The summed E-state index contributed by atoms with van der Waals surface area (Å²) in [5.74, 6) is -0.00547. The molecule has 0 saturated heterocycles. The van der Waals surface area contributed by atoms with Crippen molar-refractivity contribution < 1.29 is 9.63 Å². The van der Waals surface area contributed by atoms with Crippen LogP contribution >= 0.6 is 0 Å². The quantitative estimate of drug-likeness (QED) is 0.853. The molecule has 0 aliphatic carbocycles. The Hall–Kier alpha value is -2.63. The summed E-state index contributed by atoms with van der Waals surface area (Å²) in [5, 5.41) is 8.65. The van der Waals surface area contributed by atoms with E-state index >= 15 is 0 Å². The number of aryl methyl sites for hydroxylation is 4. The van der Waals surface area contributed by atoms with Gasteiger partial charge in [-0.2, -0.15) is 5.10 Å². The van der Waals surface area contributed by atoms with Gasteiger partial charge in [0.05, 0.1) is 11.4 Å². The van der Waals surface area contributed by atoms with Crippen molar-refractivity contribution in [3.63, 3.8) is 0 Å². The molecule has 0 fully saturated rings. The molecule has 2 aromatic rings. The highest BCUT2D eigenvalue weighted by Crippen LogP contribution is 2.30. The molecule has 1 amide bonds. The maximum atomic E-state index is 13.1. The zero-order valence-electron chi connectivity index (χ0n) is 15.5. The molecule has 2 aliphatic rings. The van der Waals surface area contributed by atoms with Gasteiger partial charge in [0.15, 0.2) is 0 Å². The van der Waals surface area contributed by atoms with E-state index in [9.17, 15) is 4.79 Å². The Labute approximate surface area is 153 Å². The third-order valence-corrected chi connectivity index (χ3v) is 5.15. The molecule has 0 radical (unpaired) electrons. The monoisotopic (exact) mass is 352 g/mol. The van der Waals surface area contributed by atoms with E-state index in [1.54, 1.807) is 0 Å². The fourth-order valence-electron chi connectivity index (χ4n) is 3.76. The molecular weight excluding hydrogens is 328 g/mol. The maximum absolute atomic E-state index is 13.1. The Kier molecular flexibility index (Phi) is 4.26. The second-order valence-corrected chi connectivity index (χ2v) is 7.05. The first-order valence-corrected chi connectivity index (χ1v) is 9.25. The normalized spacial score (nSPS) is 19.1. The summed E-state index contributed by atoms with van der Waals surface area (Å²) in [4.78, 5) is 20.5. The number of fused-ring (bicyclic) bond motifs is 1. The van der Waals surface area contributed by atoms with Gasteiger partial charge in [0, 0.05) is 37.0 Å². The van der Waals surface area contributed by atoms with Crippen LogP contribution in [0.4, 0.5) is 5.69 Å². The molecule has 1 unspecified atom stereocenters. The van der Waals surface area contributed by atoms with Crippen LogP contribution in [0.2, 0.25) is 0 Å². The lowest BCUT2D eigenvalue weighted by molar-refractivity contribution is -0.128. The average molecular weight is 352 g/mol. The number of hydrogen-bond acceptors (Lipinski definition) is 4. The van der Waals surface area contributed by atoms with Crippen molar-refractivity contribution in [2.24, 2.45) is 5.16 Å². The molecule has 1 aromatic carbocycles. The highest BCUT2D eigenvalue weighted by atomic mass is 16.6. The number of benzene rings is 1. The van der Waals surface area contributed by atoms with Gasteiger partial charge in [-0.05, 0) is 45.2 Å². The molecule has 4 rings (SSSR count). The summed E-state index contributed by atoms with van der Waals surface area (Å²) in [6, 6.07) is 6.28. The molecule has 26 heavy (non-hydrogen) atoms. The van der Waals surface area contributed by atoms with E-state index in [4.69, 9.17) is 4.84 Å². The number of hydrogen-bond donors (Lipinski definition) is 0. The molecular formula is C20H24N4O2. The van der Waals surface area contributed by atoms with Crippen LogP contribution in [0, 0.1) is 13.8 Å². The Balaban J connectivity index is 1.52. The zero-order valence-corrected chi connectivity index (χ0v) is 15.5. The molecule has 0 spiro atoms. The van der Waals surface area contributed by atoms with Gasteiger partial charge in [0.1, 0.15) is 0 Å². The van der Waals surface area contributed by atoms with Gasteiger partial charge in [-0.3, -0.25) is 9.48 Å². The number of carbonyl (C=O) groups is 1. The van der Waals surface area contributed by atoms with Crippen LogP contribution in [-0.4, -0.2) is 34.0 Å². The van der Waals surface area contributed by atoms with E-state index in [-0.39, 0.29) is 5.91 Å². The van der Waals surface area contributed by atoms with E-state index < -0.39 is 6.10 Å². The van der Waals surface area contributed by atoms with Crippen molar-refractivity contribution in [1.82, 2.24) is 9.78 Å². The lowest BCUT2D eigenvalue weighted by Gasteiger charge is -2.31. The molecule has 0 N–H and O–H groups in total. The molecule has 1 aromatic heterocycles. The van der Waals surface area contributed by atoms with Gasteiger partial charge >= 0.3 is 0 Å². The van der Waals surface area contributed by atoms with Gasteiger partial charge in [-0.25, -0.2) is 0 Å². The highest BCUT2D eigenvalue weighted by Gasteiger charge is 2.35. The molecule has 0 bridgehead atoms. The minimum Gasteiger partial charge on any atom is -0.382 e. The molecule has 1 atom stereocenters. The lowest BCUT2D eigenvalue weighted by Crippen LogP contribution is -2.42. The number of rotatable bonds is 3. The van der Waals surface area contributed by atoms with Crippen LogP contribution in [-0.2, 0) is 22.6 Å². The summed E-state index contributed by atoms with van der Waals surface area (Å²) in [6.07, 6.45) is 3.91. The molecule has 6 heteroatoms. The second kappa shape index (κ2) is 6.59. The van der Waals surface area contributed by atoms with E-state index in [0.29, 0.717) is 6.42 Å². The van der Waals surface area contributed by atoms with Crippen molar-refractivity contribution >= 4 is 17.3 Å². The molecule has 136 valence electrons. The number of amides is 1. The van der Waals surface area contributed by atoms with Crippen molar-refractivity contribution in [1.29, 1.82) is 0 Å². The van der Waals surface area contributed by atoms with E-state index in [0.717, 1.165) is 48.6 Å². The van der Waals surface area contributed by atoms with Crippen LogP contribution in [0.5, 0.6) is 0 Å². The third kappa shape index (κ3) is 2.89. The van der Waals surface area contributed by atoms with Crippen molar-refractivity contribution in [2.75, 3.05) is 11.4 Å². The topological polar surface area (TPSA) is 59.7 Å². The van der Waals surface area contributed by atoms with Crippen LogP contribution in [0.1, 0.15) is 42.1 Å². The molecule has 3 heterocycles. The van der Waals surface area contributed by atoms with Crippen molar-refractivity contribution in [3.8, 4) is 0 Å². The SMILES string of the molecule is CCn1cc(C2=NOC(C(=O)N3CCCc4cc(C)ccc43)C2)c(C)n1. The number of oxime groups is 1. The predicted molar refractivity (Wildman–Crippen MR) is 101 cm³/mol. The summed E-state index contributed by atoms with van der Waals surface area (Å²) >= 11 is 0. The smallest absolute Gasteiger partial charge is 0.271 e. The van der Waals surface area contributed by atoms with E-state index in [2.05, 4.69) is 29.3 Å². The predicted octanol–water partition coefficient (Wildman–Crippen LogP) is 2.99. The highest BCUT2D eigenvalue weighted by molar-refractivity contribution is 6.07. The fraction of sp³-hybridized carbons (Fsp3) is 0.450. The average Bonchev–Trinajstić information content (AvgIpc) is 3.26. The van der Waals surface area contributed by atoms with Gasteiger partial charge in [0.2, 0.25) is 6.10 Å². The fourth-order valence-corrected chi connectivity index (χ4v) is 3.76. The van der Waals surface area contributed by atoms with Crippen molar-refractivity contribution in [2.45, 2.75) is 52.7 Å². The zero-order chi connectivity index (χ0) is 18.3. The van der Waals surface area contributed by atoms with Crippen molar-refractivity contribution in [3.05, 3.63) is 46.8 Å². The standard InChI is InChI=1S/C20H24N4O2/c1-4-23-12-16(14(3)21-23)17-11-19(26-22-17)20(25)24-9-5-6-15-10-13(2)7-8-18(15)24/h7-8,10,12,19H,4-6,9,11H2,1-3H3. The number of anilines is 1. The Morgan fingerprint density at radius 1 is 1.35 bits per heavy atom. The largest absolute Gasteiger partial charge is 0.382 e. The van der Waals surface area contributed by atoms with Crippen LogP contribution in [0.15, 0.2) is 29.6 Å². The van der Waals surface area contributed by atoms with Gasteiger partial charge < -0.3 is 9.74 Å². The van der Waals surface area contributed by atoms with Gasteiger partial charge in [0.25, 0.3) is 5.91 Å². The molecule has 0 saturated carbocycles. The lowest BCUT2D eigenvalue weighted by atomic mass is 9.98. The first-order chi connectivity index (χ1) is 12.6. The third-order valence-electron chi connectivity index (χ3n) is 5.15. The number of aromatic nitrogens is 2. The first-order valence-electron chi connectivity index (χ1n) is 9.25. The molecule has 2 aliphatic heterocycles. The van der Waals surface area contributed by atoms with E-state index in [1.807, 2.05) is 35.7 Å². The van der Waals surface area contributed by atoms with Gasteiger partial charge in [-0.1, -0.05) is 22.9 Å². The Morgan fingerprint density at radius 2 is 2.19 bits per heavy atom. The summed E-state index contributed by atoms with van der Waals surface area (Å²) in [7, 11) is 0. The van der Waals surface area contributed by atoms with Gasteiger partial charge in [-0.15, -0.1) is 0 Å². The van der Waals surface area contributed by atoms with Crippen LogP contribution in [0.3, 0.4) is 0 Å². The summed E-state index contributed by atoms with van der Waals surface area (Å²) in [6.45, 7) is 7.63. The summed E-state index contributed by atoms with van der Waals surface area (Å²) < 4.78 is 1.88. The Morgan fingerprint density at radius 3 is 2.96 bits per heavy atom. The second-order valence-electron chi connectivity index (χ2n) is 7.05. The number of carbonyl (C=O) groups excluding carboxylic acids is 1. The minimum atomic E-state index is -0.554. The van der Waals surface area contributed by atoms with E-state index in [1.165, 1.54) is 11.1 Å². The van der Waals surface area contributed by atoms with Crippen LogP contribution < -0.4 is 4.90 Å². The molecule has 6 nitrogen and oxygen atoms in total. The summed E-state index contributed by atoms with van der Waals surface area (Å²) in [5.41, 5.74) is 6.17. The Bertz CT molecular complexity index is 884. The number of nitrogens with zero attached hydrogens (tertiary/aromatic N) is 4. The maximum Gasteiger partial charge on any atom is 0.271 e. The first kappa shape index (κ1) is 16.8. The minimum absolute atomic E-state index is 0.00547. The van der Waals surface area contributed by atoms with Crippen LogP contribution in [0.25, 0.3) is 0 Å².